The predicted octanol–water partition coefficient (Wildman–Crippen LogP) is 1.88. The summed E-state index contributed by atoms with van der Waals surface area (Å²) in [5.74, 6) is 0. The summed E-state index contributed by atoms with van der Waals surface area (Å²) in [6.07, 6.45) is 1.15. The standard InChI is InChI=1S/C6H13AsN2/c1-7(2)4-3-5-9-6-8/h8H,3-5H2,1-2H3. The third-order valence-corrected chi connectivity index (χ3v) is 3.49. The fourth-order valence-electron chi connectivity index (χ4n) is 0.522. The van der Waals surface area contributed by atoms with Gasteiger partial charge in [0, 0.05) is 0 Å². The molecule has 0 saturated carbocycles. The number of rotatable bonds is 4. The van der Waals surface area contributed by atoms with E-state index in [1.54, 1.807) is 0 Å². The van der Waals surface area contributed by atoms with Gasteiger partial charge in [-0.15, -0.1) is 0 Å². The Hall–Kier alpha value is -0.0616. The van der Waals surface area contributed by atoms with Crippen LogP contribution in [0.2, 0.25) is 16.6 Å². The zero-order chi connectivity index (χ0) is 7.11. The maximum atomic E-state index is 6.48. The molecule has 1 N–H and O–H groups in total. The third-order valence-electron chi connectivity index (χ3n) is 0.954. The van der Waals surface area contributed by atoms with Gasteiger partial charge in [-0.1, -0.05) is 0 Å². The van der Waals surface area contributed by atoms with Crippen LogP contribution in [0, 0.1) is 5.41 Å². The summed E-state index contributed by atoms with van der Waals surface area (Å²) < 4.78 is 0. The Labute approximate surface area is 61.1 Å². The summed E-state index contributed by atoms with van der Waals surface area (Å²) >= 11 is -0.418. The first-order valence-corrected chi connectivity index (χ1v) is 8.08. The number of hydrogen-bond acceptors (Lipinski definition) is 2. The maximum absolute atomic E-state index is 6.48. The Kier molecular flexibility index (Phi) is 6.02. The normalized spacial score (nSPS) is 9.22. The van der Waals surface area contributed by atoms with Crippen LogP contribution >= 0.6 is 0 Å². The van der Waals surface area contributed by atoms with E-state index in [0.717, 1.165) is 13.0 Å². The van der Waals surface area contributed by atoms with Crippen LogP contribution in [0.5, 0.6) is 0 Å². The molecule has 0 fully saturated rings. The second-order valence-electron chi connectivity index (χ2n) is 2.15. The average molecular weight is 188 g/mol. The molecule has 0 aromatic heterocycles. The fourth-order valence-corrected chi connectivity index (χ4v) is 2.15. The van der Waals surface area contributed by atoms with Gasteiger partial charge in [0.1, 0.15) is 0 Å². The first kappa shape index (κ1) is 8.94. The van der Waals surface area contributed by atoms with Gasteiger partial charge in [0.2, 0.25) is 0 Å². The van der Waals surface area contributed by atoms with Crippen LogP contribution in [0.15, 0.2) is 4.99 Å². The van der Waals surface area contributed by atoms with E-state index in [1.807, 2.05) is 6.01 Å². The SMILES string of the molecule is C[As](C)CCCN=C=N. The predicted molar refractivity (Wildman–Crippen MR) is 41.9 cm³/mol. The molecular weight excluding hydrogens is 175 g/mol. The van der Waals surface area contributed by atoms with Gasteiger partial charge in [-0.2, -0.15) is 0 Å². The van der Waals surface area contributed by atoms with Crippen molar-refractivity contribution in [3.8, 4) is 0 Å². The Morgan fingerprint density at radius 3 is 2.67 bits per heavy atom. The van der Waals surface area contributed by atoms with Crippen molar-refractivity contribution in [2.75, 3.05) is 6.54 Å². The van der Waals surface area contributed by atoms with E-state index in [1.165, 1.54) is 5.21 Å². The van der Waals surface area contributed by atoms with Gasteiger partial charge in [0.05, 0.1) is 0 Å². The quantitative estimate of drug-likeness (QED) is 0.397. The Bertz CT molecular complexity index is 106. The molecule has 52 valence electrons. The Morgan fingerprint density at radius 1 is 1.56 bits per heavy atom. The van der Waals surface area contributed by atoms with Crippen LogP contribution in [0.1, 0.15) is 6.42 Å². The van der Waals surface area contributed by atoms with Crippen LogP contribution in [0.4, 0.5) is 0 Å². The molecule has 0 heterocycles. The summed E-state index contributed by atoms with van der Waals surface area (Å²) in [5, 5.41) is 7.83. The summed E-state index contributed by atoms with van der Waals surface area (Å²) in [6, 6.07) is 2.03. The monoisotopic (exact) mass is 188 g/mol. The van der Waals surface area contributed by atoms with Crippen molar-refractivity contribution in [1.29, 1.82) is 5.41 Å². The van der Waals surface area contributed by atoms with Crippen molar-refractivity contribution in [1.82, 2.24) is 0 Å². The fraction of sp³-hybridized carbons (Fsp3) is 0.833. The van der Waals surface area contributed by atoms with Crippen LogP contribution in [-0.2, 0) is 0 Å². The van der Waals surface area contributed by atoms with Crippen LogP contribution in [0.3, 0.4) is 0 Å². The third kappa shape index (κ3) is 7.94. The summed E-state index contributed by atoms with van der Waals surface area (Å²) in [5.41, 5.74) is 4.67. The van der Waals surface area contributed by atoms with Crippen molar-refractivity contribution in [2.45, 2.75) is 23.1 Å². The Morgan fingerprint density at radius 2 is 2.22 bits per heavy atom. The van der Waals surface area contributed by atoms with Crippen molar-refractivity contribution in [3.05, 3.63) is 0 Å². The van der Waals surface area contributed by atoms with Gasteiger partial charge in [0.15, 0.2) is 0 Å². The number of nitrogens with one attached hydrogen (secondary N) is 1. The molecule has 0 radical (unpaired) electrons. The molecule has 0 bridgehead atoms. The molecule has 0 atom stereocenters. The van der Waals surface area contributed by atoms with Crippen molar-refractivity contribution in [3.63, 3.8) is 0 Å². The second-order valence-corrected chi connectivity index (χ2v) is 7.62. The molecule has 0 aliphatic rings. The number of nitrogens with zero attached hydrogens (tertiary/aromatic N) is 1. The van der Waals surface area contributed by atoms with Gasteiger partial charge in [0.25, 0.3) is 0 Å². The molecule has 2 nitrogen and oxygen atoms in total. The summed E-state index contributed by atoms with van der Waals surface area (Å²) in [7, 11) is 0. The summed E-state index contributed by atoms with van der Waals surface area (Å²) in [4.78, 5) is 3.68. The van der Waals surface area contributed by atoms with Gasteiger partial charge in [-0.25, -0.2) is 0 Å². The van der Waals surface area contributed by atoms with Crippen LogP contribution < -0.4 is 0 Å². The Balaban J connectivity index is 3.00. The molecule has 0 rings (SSSR count). The van der Waals surface area contributed by atoms with Gasteiger partial charge >= 0.3 is 60.7 Å². The molecule has 0 spiro atoms. The zero-order valence-electron chi connectivity index (χ0n) is 6.02. The minimum absolute atomic E-state index is 0.418. The van der Waals surface area contributed by atoms with Crippen LogP contribution in [0.25, 0.3) is 0 Å². The molecule has 9 heavy (non-hydrogen) atoms. The molecule has 0 unspecified atom stereocenters. The van der Waals surface area contributed by atoms with E-state index in [4.69, 9.17) is 5.41 Å². The van der Waals surface area contributed by atoms with Gasteiger partial charge in [-0.3, -0.25) is 0 Å². The molecular formula is C6H13AsN2. The van der Waals surface area contributed by atoms with E-state index in [0.29, 0.717) is 0 Å². The minimum atomic E-state index is -0.418. The molecule has 0 amide bonds. The van der Waals surface area contributed by atoms with E-state index in [2.05, 4.69) is 16.4 Å². The summed E-state index contributed by atoms with van der Waals surface area (Å²) in [6.45, 7) is 0.802. The van der Waals surface area contributed by atoms with E-state index in [9.17, 15) is 0 Å². The van der Waals surface area contributed by atoms with Gasteiger partial charge < -0.3 is 0 Å². The first-order chi connectivity index (χ1) is 4.27. The van der Waals surface area contributed by atoms with Crippen molar-refractivity contribution in [2.24, 2.45) is 4.99 Å². The van der Waals surface area contributed by atoms with Crippen molar-refractivity contribution >= 4 is 20.7 Å². The van der Waals surface area contributed by atoms with Crippen LogP contribution in [-0.4, -0.2) is 27.2 Å². The topological polar surface area (TPSA) is 36.2 Å². The van der Waals surface area contributed by atoms with Crippen molar-refractivity contribution < 1.29 is 0 Å². The first-order valence-electron chi connectivity index (χ1n) is 3.00. The van der Waals surface area contributed by atoms with E-state index < -0.39 is 14.7 Å². The molecule has 0 aliphatic heterocycles. The second kappa shape index (κ2) is 6.06. The number of aliphatic imine (C=N–C) groups is 1. The van der Waals surface area contributed by atoms with E-state index in [-0.39, 0.29) is 0 Å². The zero-order valence-corrected chi connectivity index (χ0v) is 7.89. The molecule has 0 saturated heterocycles. The van der Waals surface area contributed by atoms with E-state index >= 15 is 0 Å². The molecule has 0 aliphatic carbocycles. The molecule has 0 aromatic rings. The molecule has 3 heteroatoms. The average Bonchev–Trinajstić information content (AvgIpc) is 1.80. The molecule has 0 aromatic carbocycles. The van der Waals surface area contributed by atoms with Gasteiger partial charge in [-0.05, 0) is 0 Å². The number of hydrogen-bond donors (Lipinski definition) is 1.